The number of carboxylic acid groups (broad SMARTS) is 1. The van der Waals surface area contributed by atoms with Crippen LogP contribution >= 0.6 is 0 Å². The highest BCUT2D eigenvalue weighted by Gasteiger charge is 2.45. The van der Waals surface area contributed by atoms with Crippen LogP contribution in [-0.4, -0.2) is 29.7 Å². The first-order chi connectivity index (χ1) is 8.88. The summed E-state index contributed by atoms with van der Waals surface area (Å²) >= 11 is 0. The molecule has 0 saturated heterocycles. The fraction of sp³-hybridized carbons (Fsp3) is 0.857. The third-order valence-corrected chi connectivity index (χ3v) is 4.64. The van der Waals surface area contributed by atoms with E-state index in [0.717, 1.165) is 19.4 Å². The quantitative estimate of drug-likeness (QED) is 0.729. The Balaban J connectivity index is 1.62. The maximum Gasteiger partial charge on any atom is 0.315 e. The van der Waals surface area contributed by atoms with Crippen LogP contribution in [0.3, 0.4) is 0 Å². The molecule has 2 amide bonds. The van der Waals surface area contributed by atoms with Gasteiger partial charge in [0.25, 0.3) is 0 Å². The lowest BCUT2D eigenvalue weighted by Gasteiger charge is -2.26. The van der Waals surface area contributed by atoms with Crippen LogP contribution in [0.2, 0.25) is 0 Å². The Morgan fingerprint density at radius 1 is 1.21 bits per heavy atom. The normalized spacial score (nSPS) is 32.4. The molecule has 0 aromatic rings. The number of hydrogen-bond acceptors (Lipinski definition) is 2. The summed E-state index contributed by atoms with van der Waals surface area (Å²) in [4.78, 5) is 22.6. The molecule has 2 saturated carbocycles. The molecule has 1 atom stereocenters. The van der Waals surface area contributed by atoms with Crippen LogP contribution in [0.25, 0.3) is 0 Å². The summed E-state index contributed by atoms with van der Waals surface area (Å²) in [7, 11) is 0. The first-order valence-corrected chi connectivity index (χ1v) is 7.15. The van der Waals surface area contributed by atoms with Crippen LogP contribution in [0.15, 0.2) is 0 Å². The summed E-state index contributed by atoms with van der Waals surface area (Å²) < 4.78 is 0. The van der Waals surface area contributed by atoms with Crippen LogP contribution in [0.1, 0.15) is 46.0 Å². The maximum absolute atomic E-state index is 11.7. The van der Waals surface area contributed by atoms with Crippen LogP contribution in [0, 0.1) is 17.3 Å². The molecule has 0 aromatic carbocycles. The molecule has 2 aliphatic carbocycles. The molecule has 0 spiro atoms. The molecule has 0 radical (unpaired) electrons. The van der Waals surface area contributed by atoms with E-state index in [4.69, 9.17) is 5.11 Å². The van der Waals surface area contributed by atoms with E-state index in [1.54, 1.807) is 0 Å². The van der Waals surface area contributed by atoms with Crippen molar-refractivity contribution in [2.75, 3.05) is 6.54 Å². The van der Waals surface area contributed by atoms with Crippen molar-refractivity contribution in [1.29, 1.82) is 0 Å². The highest BCUT2D eigenvalue weighted by atomic mass is 16.4. The van der Waals surface area contributed by atoms with E-state index >= 15 is 0 Å². The Bertz CT molecular complexity index is 360. The smallest absolute Gasteiger partial charge is 0.315 e. The Morgan fingerprint density at radius 2 is 1.79 bits per heavy atom. The molecule has 19 heavy (non-hydrogen) atoms. The number of urea groups is 1. The second kappa shape index (κ2) is 5.39. The zero-order valence-corrected chi connectivity index (χ0v) is 11.7. The summed E-state index contributed by atoms with van der Waals surface area (Å²) in [6, 6.07) is 0.0179. The predicted molar refractivity (Wildman–Crippen MR) is 71.8 cm³/mol. The van der Waals surface area contributed by atoms with Gasteiger partial charge in [-0.3, -0.25) is 4.79 Å². The monoisotopic (exact) mass is 268 g/mol. The van der Waals surface area contributed by atoms with Crippen molar-refractivity contribution in [2.45, 2.75) is 52.0 Å². The summed E-state index contributed by atoms with van der Waals surface area (Å²) in [5.41, 5.74) is 0.382. The van der Waals surface area contributed by atoms with Gasteiger partial charge >= 0.3 is 12.0 Å². The second-order valence-electron chi connectivity index (χ2n) is 6.63. The first-order valence-electron chi connectivity index (χ1n) is 7.15. The van der Waals surface area contributed by atoms with Gasteiger partial charge in [-0.15, -0.1) is 0 Å². The summed E-state index contributed by atoms with van der Waals surface area (Å²) in [6.45, 7) is 5.16. The highest BCUT2D eigenvalue weighted by Crippen LogP contribution is 2.50. The second-order valence-corrected chi connectivity index (χ2v) is 6.63. The minimum Gasteiger partial charge on any atom is -0.481 e. The molecular formula is C14H24N2O3. The van der Waals surface area contributed by atoms with Gasteiger partial charge in [-0.25, -0.2) is 4.79 Å². The van der Waals surface area contributed by atoms with Gasteiger partial charge in [-0.1, -0.05) is 13.8 Å². The minimum atomic E-state index is -0.709. The number of aliphatic carboxylic acids is 1. The van der Waals surface area contributed by atoms with Crippen LogP contribution in [0.4, 0.5) is 4.79 Å². The molecule has 2 rings (SSSR count). The van der Waals surface area contributed by atoms with Gasteiger partial charge in [0.05, 0.1) is 5.92 Å². The average molecular weight is 268 g/mol. The molecule has 1 unspecified atom stereocenters. The van der Waals surface area contributed by atoms with Crippen molar-refractivity contribution in [3.8, 4) is 0 Å². The molecule has 0 aromatic heterocycles. The largest absolute Gasteiger partial charge is 0.481 e. The Kier molecular flexibility index (Phi) is 4.02. The van der Waals surface area contributed by atoms with E-state index in [0.29, 0.717) is 24.2 Å². The molecule has 2 fully saturated rings. The molecule has 0 aliphatic heterocycles. The lowest BCUT2D eigenvalue weighted by molar-refractivity contribution is -0.142. The van der Waals surface area contributed by atoms with E-state index < -0.39 is 5.97 Å². The predicted octanol–water partition coefficient (Wildman–Crippen LogP) is 1.98. The minimum absolute atomic E-state index is 0.110. The topological polar surface area (TPSA) is 78.4 Å². The van der Waals surface area contributed by atoms with Gasteiger partial charge in [0.2, 0.25) is 0 Å². The fourth-order valence-electron chi connectivity index (χ4n) is 2.86. The van der Waals surface area contributed by atoms with Gasteiger partial charge in [0, 0.05) is 12.6 Å². The number of carboxylic acids is 1. The zero-order valence-electron chi connectivity index (χ0n) is 11.7. The number of carbonyl (C=O) groups excluding carboxylic acids is 1. The van der Waals surface area contributed by atoms with Gasteiger partial charge in [-0.2, -0.15) is 0 Å². The van der Waals surface area contributed by atoms with E-state index in [9.17, 15) is 9.59 Å². The molecule has 0 heterocycles. The van der Waals surface area contributed by atoms with Crippen molar-refractivity contribution >= 4 is 12.0 Å². The van der Waals surface area contributed by atoms with Crippen LogP contribution in [-0.2, 0) is 4.79 Å². The van der Waals surface area contributed by atoms with E-state index in [1.165, 1.54) is 6.42 Å². The molecule has 3 N–H and O–H groups in total. The SMILES string of the molecule is CC1(C)CC1CNC(=O)NC1CCC(C(=O)O)CC1. The summed E-state index contributed by atoms with van der Waals surface area (Å²) in [5.74, 6) is -0.340. The van der Waals surface area contributed by atoms with Gasteiger partial charge < -0.3 is 15.7 Å². The average Bonchev–Trinajstić information content (AvgIpc) is 2.95. The van der Waals surface area contributed by atoms with Crippen molar-refractivity contribution < 1.29 is 14.7 Å². The Labute approximate surface area is 114 Å². The number of carbonyl (C=O) groups is 2. The van der Waals surface area contributed by atoms with E-state index in [-0.39, 0.29) is 18.0 Å². The van der Waals surface area contributed by atoms with E-state index in [1.807, 2.05) is 0 Å². The summed E-state index contributed by atoms with van der Waals surface area (Å²) in [5, 5.41) is 14.8. The third-order valence-electron chi connectivity index (χ3n) is 4.64. The fourth-order valence-corrected chi connectivity index (χ4v) is 2.86. The lowest BCUT2D eigenvalue weighted by Crippen LogP contribution is -2.44. The first kappa shape index (κ1) is 14.2. The van der Waals surface area contributed by atoms with Crippen molar-refractivity contribution in [3.63, 3.8) is 0 Å². The van der Waals surface area contributed by atoms with Gasteiger partial charge in [0.1, 0.15) is 0 Å². The molecule has 0 bridgehead atoms. The van der Waals surface area contributed by atoms with Gasteiger partial charge in [-0.05, 0) is 43.4 Å². The van der Waals surface area contributed by atoms with Crippen molar-refractivity contribution in [1.82, 2.24) is 10.6 Å². The summed E-state index contributed by atoms with van der Waals surface area (Å²) in [6.07, 6.45) is 4.03. The highest BCUT2D eigenvalue weighted by molar-refractivity contribution is 5.74. The Hall–Kier alpha value is -1.26. The maximum atomic E-state index is 11.7. The van der Waals surface area contributed by atoms with E-state index in [2.05, 4.69) is 24.5 Å². The van der Waals surface area contributed by atoms with Gasteiger partial charge in [0.15, 0.2) is 0 Å². The van der Waals surface area contributed by atoms with Crippen molar-refractivity contribution in [2.24, 2.45) is 17.3 Å². The molecule has 108 valence electrons. The molecule has 5 heteroatoms. The molecular weight excluding hydrogens is 244 g/mol. The third kappa shape index (κ3) is 3.85. The molecule has 5 nitrogen and oxygen atoms in total. The lowest BCUT2D eigenvalue weighted by atomic mass is 9.86. The number of nitrogens with one attached hydrogen (secondary N) is 2. The standard InChI is InChI=1S/C14H24N2O3/c1-14(2)7-10(14)8-15-13(19)16-11-5-3-9(4-6-11)12(17)18/h9-11H,3-8H2,1-2H3,(H,17,18)(H2,15,16,19). The number of rotatable bonds is 4. The number of amides is 2. The van der Waals surface area contributed by atoms with Crippen LogP contribution < -0.4 is 10.6 Å². The van der Waals surface area contributed by atoms with Crippen LogP contribution in [0.5, 0.6) is 0 Å². The zero-order chi connectivity index (χ0) is 14.0. The van der Waals surface area contributed by atoms with Crippen molar-refractivity contribution in [3.05, 3.63) is 0 Å². The molecule has 2 aliphatic rings. The Morgan fingerprint density at radius 3 is 2.26 bits per heavy atom. The number of hydrogen-bond donors (Lipinski definition) is 3.